The summed E-state index contributed by atoms with van der Waals surface area (Å²) in [6.45, 7) is 6.16. The van der Waals surface area contributed by atoms with Crippen LogP contribution in [-0.2, 0) is 31.4 Å². The van der Waals surface area contributed by atoms with Crippen molar-refractivity contribution in [3.05, 3.63) is 58.4 Å². The van der Waals surface area contributed by atoms with Gasteiger partial charge in [0.15, 0.2) is 5.96 Å². The summed E-state index contributed by atoms with van der Waals surface area (Å²) in [4.78, 5) is 8.93. The van der Waals surface area contributed by atoms with Crippen molar-refractivity contribution in [2.75, 3.05) is 40.4 Å². The highest BCUT2D eigenvalue weighted by Gasteiger charge is 2.11. The molecule has 29 heavy (non-hydrogen) atoms. The Morgan fingerprint density at radius 2 is 1.86 bits per heavy atom. The fourth-order valence-corrected chi connectivity index (χ4v) is 3.66. The number of hydrogen-bond acceptors (Lipinski definition) is 3. The maximum Gasteiger partial charge on any atom is 0.194 e. The van der Waals surface area contributed by atoms with Gasteiger partial charge in [-0.1, -0.05) is 35.9 Å². The monoisotopic (exact) mass is 531 g/mol. The largest absolute Gasteiger partial charge is 0.379 e. The number of aliphatic imine (C=N–C) groups is 1. The van der Waals surface area contributed by atoms with Crippen molar-refractivity contribution in [3.63, 3.8) is 0 Å². The fraction of sp³-hybridized carbons (Fsp3) is 0.476. The van der Waals surface area contributed by atoms with Crippen LogP contribution >= 0.6 is 35.6 Å². The predicted octanol–water partition coefficient (Wildman–Crippen LogP) is 3.34. The second kappa shape index (κ2) is 11.8. The normalized spacial score (nSPS) is 15.1. The van der Waals surface area contributed by atoms with Crippen LogP contribution in [0.2, 0.25) is 5.02 Å². The van der Waals surface area contributed by atoms with Gasteiger partial charge in [0, 0.05) is 59.2 Å². The third kappa shape index (κ3) is 7.16. The molecular formula is C21H31ClIN5O. The number of rotatable bonds is 6. The Morgan fingerprint density at radius 3 is 2.45 bits per heavy atom. The highest BCUT2D eigenvalue weighted by atomic mass is 127. The van der Waals surface area contributed by atoms with Crippen LogP contribution in [0.3, 0.4) is 0 Å². The number of ether oxygens (including phenoxy) is 1. The molecule has 1 saturated heterocycles. The molecule has 1 fully saturated rings. The second-order valence-corrected chi connectivity index (χ2v) is 7.66. The average molecular weight is 532 g/mol. The van der Waals surface area contributed by atoms with E-state index in [1.807, 2.05) is 38.0 Å². The number of benzene rings is 1. The lowest BCUT2D eigenvalue weighted by Crippen LogP contribution is -2.38. The smallest absolute Gasteiger partial charge is 0.194 e. The molecule has 0 unspecified atom stereocenters. The summed E-state index contributed by atoms with van der Waals surface area (Å²) in [6, 6.07) is 10.8. The molecule has 0 atom stereocenters. The highest BCUT2D eigenvalue weighted by molar-refractivity contribution is 14.0. The van der Waals surface area contributed by atoms with E-state index in [0.717, 1.165) is 62.6 Å². The van der Waals surface area contributed by atoms with Crippen LogP contribution in [0.5, 0.6) is 0 Å². The summed E-state index contributed by atoms with van der Waals surface area (Å²) in [5.41, 5.74) is 3.72. The minimum atomic E-state index is 0. The zero-order valence-electron chi connectivity index (χ0n) is 17.4. The molecular weight excluding hydrogens is 501 g/mol. The van der Waals surface area contributed by atoms with Gasteiger partial charge in [0.05, 0.1) is 24.8 Å². The van der Waals surface area contributed by atoms with Gasteiger partial charge in [0.25, 0.3) is 0 Å². The van der Waals surface area contributed by atoms with E-state index in [2.05, 4.69) is 44.4 Å². The number of guanidine groups is 1. The Hall–Kier alpha value is -1.29. The van der Waals surface area contributed by atoms with Crippen LogP contribution in [0.1, 0.15) is 16.8 Å². The number of morpholine rings is 1. The van der Waals surface area contributed by atoms with Crippen molar-refractivity contribution in [1.82, 2.24) is 19.7 Å². The Morgan fingerprint density at radius 1 is 1.21 bits per heavy atom. The molecule has 1 aromatic heterocycles. The lowest BCUT2D eigenvalue weighted by atomic mass is 10.1. The molecule has 1 aromatic carbocycles. The van der Waals surface area contributed by atoms with Gasteiger partial charge in [-0.15, -0.1) is 24.0 Å². The van der Waals surface area contributed by atoms with Gasteiger partial charge in [-0.2, -0.15) is 0 Å². The summed E-state index contributed by atoms with van der Waals surface area (Å²) in [5.74, 6) is 0.856. The van der Waals surface area contributed by atoms with Crippen LogP contribution in [0.25, 0.3) is 0 Å². The Labute approximate surface area is 195 Å². The maximum absolute atomic E-state index is 6.08. The SMILES string of the molecule is CN=C(NCc1ccc(CN2CCOCC2)cc1)N(C)Cc1cc(Cl)cn1C.I. The quantitative estimate of drug-likeness (QED) is 0.353. The summed E-state index contributed by atoms with van der Waals surface area (Å²) in [6.07, 6.45) is 1.92. The van der Waals surface area contributed by atoms with Gasteiger partial charge in [-0.3, -0.25) is 9.89 Å². The van der Waals surface area contributed by atoms with Gasteiger partial charge in [0.1, 0.15) is 0 Å². The minimum absolute atomic E-state index is 0. The lowest BCUT2D eigenvalue weighted by molar-refractivity contribution is 0.0342. The van der Waals surface area contributed by atoms with E-state index in [1.54, 1.807) is 0 Å². The van der Waals surface area contributed by atoms with Gasteiger partial charge in [0.2, 0.25) is 0 Å². The van der Waals surface area contributed by atoms with Crippen LogP contribution in [0.15, 0.2) is 41.5 Å². The minimum Gasteiger partial charge on any atom is -0.379 e. The van der Waals surface area contributed by atoms with E-state index in [1.165, 1.54) is 11.1 Å². The molecule has 0 radical (unpaired) electrons. The number of aromatic nitrogens is 1. The predicted molar refractivity (Wildman–Crippen MR) is 130 cm³/mol. The summed E-state index contributed by atoms with van der Waals surface area (Å²) in [7, 11) is 5.84. The van der Waals surface area contributed by atoms with E-state index >= 15 is 0 Å². The van der Waals surface area contributed by atoms with E-state index < -0.39 is 0 Å². The van der Waals surface area contributed by atoms with Gasteiger partial charge in [-0.25, -0.2) is 0 Å². The lowest BCUT2D eigenvalue weighted by Gasteiger charge is -2.26. The molecule has 160 valence electrons. The third-order valence-corrected chi connectivity index (χ3v) is 5.24. The van der Waals surface area contributed by atoms with Crippen molar-refractivity contribution < 1.29 is 4.74 Å². The second-order valence-electron chi connectivity index (χ2n) is 7.22. The molecule has 3 rings (SSSR count). The van der Waals surface area contributed by atoms with Crippen molar-refractivity contribution in [2.45, 2.75) is 19.6 Å². The Balaban J connectivity index is 0.00000300. The molecule has 0 spiro atoms. The van der Waals surface area contributed by atoms with Gasteiger partial charge in [-0.05, 0) is 17.2 Å². The van der Waals surface area contributed by atoms with E-state index in [9.17, 15) is 0 Å². The number of nitrogens with zero attached hydrogens (tertiary/aromatic N) is 4. The Kier molecular flexibility index (Phi) is 9.74. The molecule has 0 bridgehead atoms. The number of nitrogens with one attached hydrogen (secondary N) is 1. The van der Waals surface area contributed by atoms with E-state index in [-0.39, 0.29) is 24.0 Å². The molecule has 6 nitrogen and oxygen atoms in total. The van der Waals surface area contributed by atoms with Crippen LogP contribution in [0, 0.1) is 0 Å². The summed E-state index contributed by atoms with van der Waals surface area (Å²) in [5, 5.41) is 4.20. The molecule has 0 aliphatic carbocycles. The number of aryl methyl sites for hydroxylation is 1. The van der Waals surface area contributed by atoms with E-state index in [4.69, 9.17) is 16.3 Å². The molecule has 0 saturated carbocycles. The van der Waals surface area contributed by atoms with Crippen LogP contribution < -0.4 is 5.32 Å². The highest BCUT2D eigenvalue weighted by Crippen LogP contribution is 2.14. The standard InChI is InChI=1S/C21H30ClN5O.HI/c1-23-21(26(3)16-20-12-19(22)15-25(20)2)24-13-17-4-6-18(7-5-17)14-27-8-10-28-11-9-27;/h4-7,12,15H,8-11,13-14,16H2,1-3H3,(H,23,24);1H. The molecule has 1 N–H and O–H groups in total. The zero-order chi connectivity index (χ0) is 19.9. The number of halogens is 2. The van der Waals surface area contributed by atoms with Crippen molar-refractivity contribution in [1.29, 1.82) is 0 Å². The molecule has 2 aromatic rings. The average Bonchev–Trinajstić information content (AvgIpc) is 3.01. The summed E-state index contributed by atoms with van der Waals surface area (Å²) < 4.78 is 7.45. The van der Waals surface area contributed by atoms with Crippen LogP contribution in [0.4, 0.5) is 0 Å². The van der Waals surface area contributed by atoms with E-state index in [0.29, 0.717) is 0 Å². The van der Waals surface area contributed by atoms with Crippen molar-refractivity contribution in [3.8, 4) is 0 Å². The first-order valence-electron chi connectivity index (χ1n) is 9.65. The topological polar surface area (TPSA) is 45.0 Å². The first kappa shape index (κ1) is 24.0. The molecule has 0 amide bonds. The van der Waals surface area contributed by atoms with Crippen molar-refractivity contribution in [2.24, 2.45) is 12.0 Å². The molecule has 1 aliphatic rings. The van der Waals surface area contributed by atoms with Crippen LogP contribution in [-0.4, -0.2) is 60.7 Å². The zero-order valence-corrected chi connectivity index (χ0v) is 20.5. The molecule has 1 aliphatic heterocycles. The Bertz CT molecular complexity index is 787. The first-order valence-corrected chi connectivity index (χ1v) is 10.0. The third-order valence-electron chi connectivity index (χ3n) is 5.03. The molecule has 8 heteroatoms. The van der Waals surface area contributed by atoms with Crippen molar-refractivity contribution >= 4 is 41.5 Å². The van der Waals surface area contributed by atoms with Gasteiger partial charge >= 0.3 is 0 Å². The van der Waals surface area contributed by atoms with Gasteiger partial charge < -0.3 is 19.5 Å². The maximum atomic E-state index is 6.08. The number of hydrogen-bond donors (Lipinski definition) is 1. The summed E-state index contributed by atoms with van der Waals surface area (Å²) >= 11 is 6.08. The molecule has 2 heterocycles. The fourth-order valence-electron chi connectivity index (χ4n) is 3.39. The first-order chi connectivity index (χ1) is 13.5.